The first-order valence-electron chi connectivity index (χ1n) is 7.87. The van der Waals surface area contributed by atoms with Gasteiger partial charge in [-0.15, -0.1) is 0 Å². The van der Waals surface area contributed by atoms with Gasteiger partial charge in [0.1, 0.15) is 0 Å². The van der Waals surface area contributed by atoms with Crippen molar-refractivity contribution in [1.29, 1.82) is 0 Å². The lowest BCUT2D eigenvalue weighted by Gasteiger charge is -2.32. The summed E-state index contributed by atoms with van der Waals surface area (Å²) in [5.41, 5.74) is 5.66. The van der Waals surface area contributed by atoms with E-state index in [0.29, 0.717) is 5.41 Å². The van der Waals surface area contributed by atoms with Gasteiger partial charge < -0.3 is 5.11 Å². The highest BCUT2D eigenvalue weighted by atomic mass is 16.2. The minimum Gasteiger partial charge on any atom is -0.392 e. The fourth-order valence-corrected chi connectivity index (χ4v) is 2.84. The summed E-state index contributed by atoms with van der Waals surface area (Å²) in [7, 11) is 0. The molecular formula is C20H30O. The summed E-state index contributed by atoms with van der Waals surface area (Å²) in [6.07, 6.45) is 16.3. The summed E-state index contributed by atoms with van der Waals surface area (Å²) in [5.74, 6) is 0. The molecule has 116 valence electrons. The number of allylic oxidation sites excluding steroid dienone is 9. The van der Waals surface area contributed by atoms with Gasteiger partial charge >= 0.3 is 0 Å². The average Bonchev–Trinajstić information content (AvgIpc) is 2.37. The zero-order chi connectivity index (χ0) is 15.9. The number of hydrogen-bond donors (Lipinski definition) is 1. The van der Waals surface area contributed by atoms with Crippen LogP contribution in [0.5, 0.6) is 0 Å². The lowest BCUT2D eigenvalue weighted by atomic mass is 9.77. The van der Waals surface area contributed by atoms with Crippen molar-refractivity contribution in [1.82, 2.24) is 0 Å². The monoisotopic (exact) mass is 288 g/mol. The van der Waals surface area contributed by atoms with Gasteiger partial charge in [0, 0.05) is 0 Å². The molecule has 0 atom stereocenters. The summed E-state index contributed by atoms with van der Waals surface area (Å²) < 4.78 is 0. The molecule has 0 saturated carbocycles. The average molecular weight is 288 g/mol. The molecular weight excluding hydrogens is 258 g/mol. The lowest BCUT2D eigenvalue weighted by Crippen LogP contribution is -2.19. The Hall–Kier alpha value is -1.34. The van der Waals surface area contributed by atoms with Crippen LogP contribution in [0, 0.1) is 5.41 Å². The van der Waals surface area contributed by atoms with Gasteiger partial charge in [-0.25, -0.2) is 0 Å². The van der Waals surface area contributed by atoms with E-state index in [1.54, 1.807) is 6.08 Å². The number of aliphatic hydroxyl groups excluding tert-OH is 1. The highest BCUT2D eigenvalue weighted by Gasteiger charge is 2.26. The SMILES string of the molecule is CC1=C(/[14CH]=C/C(C)=C/C=C/C(C)=C/CO)C(C)(C)CCC1. The van der Waals surface area contributed by atoms with E-state index in [0.717, 1.165) is 5.57 Å². The van der Waals surface area contributed by atoms with E-state index in [9.17, 15) is 0 Å². The fourth-order valence-electron chi connectivity index (χ4n) is 2.84. The minimum atomic E-state index is 0.0985. The molecule has 0 unspecified atom stereocenters. The van der Waals surface area contributed by atoms with E-state index in [4.69, 9.17) is 5.11 Å². The van der Waals surface area contributed by atoms with Crippen LogP contribution in [0.25, 0.3) is 0 Å². The van der Waals surface area contributed by atoms with Gasteiger partial charge in [0.05, 0.1) is 6.61 Å². The van der Waals surface area contributed by atoms with Gasteiger partial charge in [-0.05, 0) is 51.0 Å². The molecule has 0 saturated heterocycles. The molecule has 0 fully saturated rings. The quantitative estimate of drug-likeness (QED) is 0.661. The molecule has 0 aliphatic heterocycles. The molecule has 0 aromatic heterocycles. The van der Waals surface area contributed by atoms with Gasteiger partial charge in [-0.2, -0.15) is 0 Å². The highest BCUT2D eigenvalue weighted by molar-refractivity contribution is 5.37. The van der Waals surface area contributed by atoms with Crippen molar-refractivity contribution in [2.24, 2.45) is 5.41 Å². The minimum absolute atomic E-state index is 0.0985. The molecule has 0 spiro atoms. The Kier molecular flexibility index (Phi) is 6.91. The highest BCUT2D eigenvalue weighted by Crippen LogP contribution is 2.40. The molecule has 1 aliphatic carbocycles. The normalized spacial score (nSPS) is 20.9. The molecule has 0 amide bonds. The number of aliphatic hydroxyl groups is 1. The van der Waals surface area contributed by atoms with Crippen LogP contribution < -0.4 is 0 Å². The maximum atomic E-state index is 8.81. The van der Waals surface area contributed by atoms with Crippen molar-refractivity contribution in [3.05, 3.63) is 58.7 Å². The first kappa shape index (κ1) is 17.7. The summed E-state index contributed by atoms with van der Waals surface area (Å²) in [6.45, 7) is 11.2. The Morgan fingerprint density at radius 2 is 2.00 bits per heavy atom. The zero-order valence-electron chi connectivity index (χ0n) is 14.2. The molecule has 0 aromatic rings. The van der Waals surface area contributed by atoms with Gasteiger partial charge in [0.25, 0.3) is 0 Å². The van der Waals surface area contributed by atoms with Gasteiger partial charge in [-0.3, -0.25) is 0 Å². The van der Waals surface area contributed by atoms with Crippen LogP contribution in [0.2, 0.25) is 0 Å². The number of rotatable bonds is 5. The van der Waals surface area contributed by atoms with Crippen LogP contribution in [0.1, 0.15) is 53.9 Å². The smallest absolute Gasteiger partial charge is 0.0617 e. The Labute approximate surface area is 130 Å². The summed E-state index contributed by atoms with van der Waals surface area (Å²) in [5, 5.41) is 8.81. The van der Waals surface area contributed by atoms with E-state index < -0.39 is 0 Å². The molecule has 1 aliphatic rings. The molecule has 0 bridgehead atoms. The Morgan fingerprint density at radius 3 is 2.62 bits per heavy atom. The van der Waals surface area contributed by atoms with Gasteiger partial charge in [0.2, 0.25) is 0 Å². The third kappa shape index (κ3) is 5.89. The third-order valence-electron chi connectivity index (χ3n) is 4.19. The predicted molar refractivity (Wildman–Crippen MR) is 93.2 cm³/mol. The summed E-state index contributed by atoms with van der Waals surface area (Å²) in [6, 6.07) is 0. The molecule has 1 heteroatoms. The zero-order valence-corrected chi connectivity index (χ0v) is 14.2. The van der Waals surface area contributed by atoms with Crippen LogP contribution in [-0.2, 0) is 0 Å². The van der Waals surface area contributed by atoms with Crippen LogP contribution in [0.4, 0.5) is 0 Å². The van der Waals surface area contributed by atoms with Crippen molar-refractivity contribution in [3.8, 4) is 0 Å². The number of hydrogen-bond acceptors (Lipinski definition) is 1. The lowest BCUT2D eigenvalue weighted by molar-refractivity contribution is 0.342. The maximum absolute atomic E-state index is 8.81. The van der Waals surface area contributed by atoms with Crippen molar-refractivity contribution < 1.29 is 5.11 Å². The second-order valence-electron chi connectivity index (χ2n) is 6.67. The first-order chi connectivity index (χ1) is 9.86. The Balaban J connectivity index is 2.78. The molecule has 1 rings (SSSR count). The third-order valence-corrected chi connectivity index (χ3v) is 4.19. The molecule has 21 heavy (non-hydrogen) atoms. The fraction of sp³-hybridized carbons (Fsp3) is 0.500. The van der Waals surface area contributed by atoms with Crippen molar-refractivity contribution >= 4 is 0 Å². The summed E-state index contributed by atoms with van der Waals surface area (Å²) >= 11 is 0. The molecule has 1 nitrogen and oxygen atoms in total. The van der Waals surface area contributed by atoms with E-state index in [1.807, 2.05) is 19.1 Å². The Bertz CT molecular complexity index is 496. The van der Waals surface area contributed by atoms with E-state index in [-0.39, 0.29) is 6.61 Å². The summed E-state index contributed by atoms with van der Waals surface area (Å²) in [4.78, 5) is 0. The molecule has 1 N–H and O–H groups in total. The van der Waals surface area contributed by atoms with Gasteiger partial charge in [-0.1, -0.05) is 67.0 Å². The molecule has 0 radical (unpaired) electrons. The maximum Gasteiger partial charge on any atom is 0.0617 e. The Morgan fingerprint density at radius 1 is 1.29 bits per heavy atom. The van der Waals surface area contributed by atoms with E-state index in [1.165, 1.54) is 36.0 Å². The van der Waals surface area contributed by atoms with Crippen LogP contribution in [-0.4, -0.2) is 11.7 Å². The first-order valence-corrected chi connectivity index (χ1v) is 7.87. The van der Waals surface area contributed by atoms with Crippen LogP contribution in [0.15, 0.2) is 58.7 Å². The largest absolute Gasteiger partial charge is 0.392 e. The topological polar surface area (TPSA) is 20.2 Å². The molecule has 0 aromatic carbocycles. The van der Waals surface area contributed by atoms with Crippen molar-refractivity contribution in [3.63, 3.8) is 0 Å². The van der Waals surface area contributed by atoms with Gasteiger partial charge in [0.15, 0.2) is 0 Å². The predicted octanol–water partition coefficient (Wildman–Crippen LogP) is 5.51. The second kappa shape index (κ2) is 8.19. The van der Waals surface area contributed by atoms with E-state index >= 15 is 0 Å². The van der Waals surface area contributed by atoms with E-state index in [2.05, 4.69) is 45.9 Å². The van der Waals surface area contributed by atoms with Crippen molar-refractivity contribution in [2.45, 2.75) is 53.9 Å². The van der Waals surface area contributed by atoms with Crippen molar-refractivity contribution in [2.75, 3.05) is 6.61 Å². The molecule has 0 heterocycles. The van der Waals surface area contributed by atoms with Crippen LogP contribution in [0.3, 0.4) is 0 Å². The standard InChI is InChI=1S/C20H30O/c1-16(8-6-9-17(2)13-15-21)11-12-19-18(3)10-7-14-20(19,4)5/h6,8-9,11-13,21H,7,10,14-15H2,1-5H3/b9-6+,12-11+,16-8+,17-13+/i12+2. The second-order valence-corrected chi connectivity index (χ2v) is 6.67. The van der Waals surface area contributed by atoms with Crippen LogP contribution >= 0.6 is 0 Å².